The molecule has 2 unspecified atom stereocenters. The molecule has 3 aromatic rings. The van der Waals surface area contributed by atoms with Crippen LogP contribution in [0.15, 0.2) is 53.7 Å². The third-order valence-electron chi connectivity index (χ3n) is 3.71. The van der Waals surface area contributed by atoms with E-state index < -0.39 is 0 Å². The zero-order valence-electron chi connectivity index (χ0n) is 10.9. The van der Waals surface area contributed by atoms with Crippen molar-refractivity contribution in [1.29, 1.82) is 0 Å². The third kappa shape index (κ3) is 2.16. The summed E-state index contributed by atoms with van der Waals surface area (Å²) in [6.07, 6.45) is 1.23. The van der Waals surface area contributed by atoms with Crippen molar-refractivity contribution < 1.29 is 0 Å². The largest absolute Gasteiger partial charge is 0.399 e. The summed E-state index contributed by atoms with van der Waals surface area (Å²) >= 11 is 1.84. The molecule has 2 atom stereocenters. The third-order valence-corrected chi connectivity index (χ3v) is 4.95. The van der Waals surface area contributed by atoms with Gasteiger partial charge in [0.05, 0.1) is 11.0 Å². The fraction of sp³-hybridized carbons (Fsp3) is 0.188. The smallest absolute Gasteiger partial charge is 0.166 e. The Morgan fingerprint density at radius 1 is 1.15 bits per heavy atom. The van der Waals surface area contributed by atoms with Crippen LogP contribution in [-0.2, 0) is 0 Å². The van der Waals surface area contributed by atoms with Gasteiger partial charge in [-0.2, -0.15) is 0 Å². The molecule has 4 rings (SSSR count). The normalized spacial score (nSPS) is 21.2. The predicted molar refractivity (Wildman–Crippen MR) is 84.0 cm³/mol. The first-order valence-corrected chi connectivity index (χ1v) is 7.64. The van der Waals surface area contributed by atoms with Gasteiger partial charge < -0.3 is 10.7 Å². The highest BCUT2D eigenvalue weighted by Gasteiger charge is 2.39. The summed E-state index contributed by atoms with van der Waals surface area (Å²) in [5.74, 6) is 0.666. The summed E-state index contributed by atoms with van der Waals surface area (Å²) in [7, 11) is 0. The second-order valence-electron chi connectivity index (χ2n) is 5.23. The maximum absolute atomic E-state index is 5.79. The molecule has 3 nitrogen and oxygen atoms in total. The van der Waals surface area contributed by atoms with Crippen molar-refractivity contribution in [2.75, 3.05) is 5.73 Å². The second kappa shape index (κ2) is 4.56. The van der Waals surface area contributed by atoms with Crippen LogP contribution >= 0.6 is 11.8 Å². The van der Waals surface area contributed by atoms with E-state index >= 15 is 0 Å². The van der Waals surface area contributed by atoms with Gasteiger partial charge in [-0.3, -0.25) is 0 Å². The van der Waals surface area contributed by atoms with Gasteiger partial charge in [0.2, 0.25) is 0 Å². The van der Waals surface area contributed by atoms with Crippen molar-refractivity contribution in [2.45, 2.75) is 22.7 Å². The number of H-pyrrole nitrogens is 1. The van der Waals surface area contributed by atoms with Crippen molar-refractivity contribution in [2.24, 2.45) is 0 Å². The molecule has 0 amide bonds. The Morgan fingerprint density at radius 3 is 2.85 bits per heavy atom. The van der Waals surface area contributed by atoms with Crippen molar-refractivity contribution in [3.63, 3.8) is 0 Å². The lowest BCUT2D eigenvalue weighted by Crippen LogP contribution is -1.84. The number of nitrogens with one attached hydrogen (secondary N) is 1. The number of thioether (sulfide) groups is 1. The number of nitrogen functional groups attached to an aromatic ring is 1. The van der Waals surface area contributed by atoms with E-state index in [4.69, 9.17) is 5.73 Å². The molecule has 100 valence electrons. The van der Waals surface area contributed by atoms with Crippen LogP contribution in [0.1, 0.15) is 17.9 Å². The summed E-state index contributed by atoms with van der Waals surface area (Å²) < 4.78 is 0. The van der Waals surface area contributed by atoms with Gasteiger partial charge >= 0.3 is 0 Å². The van der Waals surface area contributed by atoms with Crippen LogP contribution in [0.4, 0.5) is 5.69 Å². The lowest BCUT2D eigenvalue weighted by atomic mass is 10.1. The molecule has 1 aromatic heterocycles. The average Bonchev–Trinajstić information content (AvgIpc) is 3.10. The van der Waals surface area contributed by atoms with Gasteiger partial charge in [0.25, 0.3) is 0 Å². The Morgan fingerprint density at radius 2 is 2.00 bits per heavy atom. The molecule has 20 heavy (non-hydrogen) atoms. The number of hydrogen-bond donors (Lipinski definition) is 2. The number of benzene rings is 2. The maximum Gasteiger partial charge on any atom is 0.166 e. The first-order valence-electron chi connectivity index (χ1n) is 6.76. The Bertz CT molecular complexity index is 751. The molecule has 0 spiro atoms. The molecule has 1 aliphatic carbocycles. The van der Waals surface area contributed by atoms with Gasteiger partial charge in [0, 0.05) is 10.9 Å². The predicted octanol–water partition coefficient (Wildman–Crippen LogP) is 3.79. The van der Waals surface area contributed by atoms with Crippen molar-refractivity contribution in [1.82, 2.24) is 9.97 Å². The fourth-order valence-electron chi connectivity index (χ4n) is 2.56. The highest BCUT2D eigenvalue weighted by molar-refractivity contribution is 8.00. The van der Waals surface area contributed by atoms with Crippen LogP contribution in [0.5, 0.6) is 0 Å². The van der Waals surface area contributed by atoms with E-state index in [-0.39, 0.29) is 0 Å². The number of imidazole rings is 1. The highest BCUT2D eigenvalue weighted by atomic mass is 32.2. The Labute approximate surface area is 121 Å². The van der Waals surface area contributed by atoms with E-state index in [1.807, 2.05) is 30.0 Å². The number of rotatable bonds is 3. The van der Waals surface area contributed by atoms with Crippen molar-refractivity contribution in [3.05, 3.63) is 54.1 Å². The summed E-state index contributed by atoms with van der Waals surface area (Å²) in [6.45, 7) is 0. The monoisotopic (exact) mass is 281 g/mol. The highest BCUT2D eigenvalue weighted by Crippen LogP contribution is 2.51. The minimum Gasteiger partial charge on any atom is -0.399 e. The topological polar surface area (TPSA) is 54.7 Å². The molecule has 1 saturated carbocycles. The molecule has 1 aliphatic rings. The molecule has 0 bridgehead atoms. The number of aromatic nitrogens is 2. The molecular weight excluding hydrogens is 266 g/mol. The summed E-state index contributed by atoms with van der Waals surface area (Å²) in [5.41, 5.74) is 10.00. The minimum atomic E-state index is 0.635. The van der Waals surface area contributed by atoms with E-state index in [1.54, 1.807) is 0 Å². The van der Waals surface area contributed by atoms with Crippen molar-refractivity contribution >= 4 is 28.5 Å². The fourth-order valence-corrected chi connectivity index (χ4v) is 3.79. The molecule has 4 heteroatoms. The zero-order chi connectivity index (χ0) is 13.5. The Balaban J connectivity index is 1.52. The first kappa shape index (κ1) is 11.9. The Kier molecular flexibility index (Phi) is 2.70. The average molecular weight is 281 g/mol. The van der Waals surface area contributed by atoms with Crippen LogP contribution in [0.2, 0.25) is 0 Å². The molecule has 2 aromatic carbocycles. The minimum absolute atomic E-state index is 0.635. The summed E-state index contributed by atoms with van der Waals surface area (Å²) in [4.78, 5) is 7.97. The maximum atomic E-state index is 5.79. The van der Waals surface area contributed by atoms with Gasteiger partial charge in [0.15, 0.2) is 5.16 Å². The van der Waals surface area contributed by atoms with Gasteiger partial charge in [-0.25, -0.2) is 4.98 Å². The van der Waals surface area contributed by atoms with Crippen LogP contribution in [0.3, 0.4) is 0 Å². The first-order chi connectivity index (χ1) is 9.79. The van der Waals surface area contributed by atoms with Crippen LogP contribution in [0.25, 0.3) is 11.0 Å². The standard InChI is InChI=1S/C16H15N3S/c17-11-6-7-13-14(8-11)19-16(18-13)20-15-9-12(15)10-4-2-1-3-5-10/h1-8,12,15H,9,17H2,(H,18,19). The number of aromatic amines is 1. The summed E-state index contributed by atoms with van der Waals surface area (Å²) in [6, 6.07) is 16.5. The number of fused-ring (bicyclic) bond motifs is 1. The molecule has 1 fully saturated rings. The van der Waals surface area contributed by atoms with Gasteiger partial charge in [-0.15, -0.1) is 0 Å². The molecule has 0 radical (unpaired) electrons. The number of nitrogens with two attached hydrogens (primary N) is 1. The molecule has 1 heterocycles. The number of anilines is 1. The lowest BCUT2D eigenvalue weighted by Gasteiger charge is -1.98. The second-order valence-corrected chi connectivity index (χ2v) is 6.46. The molecular formula is C16H15N3S. The van der Waals surface area contributed by atoms with Gasteiger partial charge in [-0.1, -0.05) is 42.1 Å². The van der Waals surface area contributed by atoms with Gasteiger partial charge in [0.1, 0.15) is 0 Å². The lowest BCUT2D eigenvalue weighted by molar-refractivity contribution is 1.07. The van der Waals surface area contributed by atoms with E-state index in [0.29, 0.717) is 11.2 Å². The van der Waals surface area contributed by atoms with Crippen molar-refractivity contribution in [3.8, 4) is 0 Å². The van der Waals surface area contributed by atoms with E-state index in [1.165, 1.54) is 12.0 Å². The van der Waals surface area contributed by atoms with E-state index in [2.05, 4.69) is 40.3 Å². The molecule has 0 aliphatic heterocycles. The van der Waals surface area contributed by atoms with E-state index in [0.717, 1.165) is 21.9 Å². The number of nitrogens with zero attached hydrogens (tertiary/aromatic N) is 1. The number of hydrogen-bond acceptors (Lipinski definition) is 3. The summed E-state index contributed by atoms with van der Waals surface area (Å²) in [5, 5.41) is 1.63. The quantitative estimate of drug-likeness (QED) is 0.718. The molecule has 0 saturated heterocycles. The van der Waals surface area contributed by atoms with Crippen LogP contribution in [0, 0.1) is 0 Å². The van der Waals surface area contributed by atoms with E-state index in [9.17, 15) is 0 Å². The van der Waals surface area contributed by atoms with Crippen LogP contribution in [-0.4, -0.2) is 15.2 Å². The van der Waals surface area contributed by atoms with Crippen LogP contribution < -0.4 is 5.73 Å². The van der Waals surface area contributed by atoms with Gasteiger partial charge in [-0.05, 0) is 36.1 Å². The Hall–Kier alpha value is -1.94. The molecule has 3 N–H and O–H groups in total. The SMILES string of the molecule is Nc1ccc2nc(SC3CC3c3ccccc3)[nH]c2c1. The zero-order valence-corrected chi connectivity index (χ0v) is 11.7.